The van der Waals surface area contributed by atoms with Gasteiger partial charge in [-0.3, -0.25) is 4.79 Å². The summed E-state index contributed by atoms with van der Waals surface area (Å²) in [5.41, 5.74) is 4.86. The molecule has 0 fully saturated rings. The molecule has 1 nitrogen and oxygen atoms in total. The highest BCUT2D eigenvalue weighted by atomic mass is 79.9. The van der Waals surface area contributed by atoms with Gasteiger partial charge < -0.3 is 0 Å². The third-order valence-corrected chi connectivity index (χ3v) is 4.67. The molecule has 3 aromatic rings. The maximum Gasteiger partial charge on any atom is 0.194 e. The number of fused-ring (bicyclic) bond motifs is 5. The van der Waals surface area contributed by atoms with Crippen LogP contribution >= 0.6 is 15.9 Å². The Balaban J connectivity index is 2.22. The van der Waals surface area contributed by atoms with Gasteiger partial charge in [0.2, 0.25) is 0 Å². The lowest BCUT2D eigenvalue weighted by molar-refractivity contribution is 0.104. The molecule has 20 heavy (non-hydrogen) atoms. The van der Waals surface area contributed by atoms with E-state index in [0.29, 0.717) is 0 Å². The summed E-state index contributed by atoms with van der Waals surface area (Å²) >= 11 is 3.57. The van der Waals surface area contributed by atoms with Crippen LogP contribution in [-0.4, -0.2) is 13.6 Å². The van der Waals surface area contributed by atoms with E-state index in [2.05, 4.69) is 48.0 Å². The van der Waals surface area contributed by atoms with Crippen LogP contribution in [0.25, 0.3) is 21.9 Å². The van der Waals surface area contributed by atoms with Crippen LogP contribution in [0.3, 0.4) is 0 Å². The lowest BCUT2D eigenvalue weighted by atomic mass is 9.86. The first-order valence-corrected chi connectivity index (χ1v) is 7.33. The third-order valence-electron chi connectivity index (χ3n) is 4.01. The van der Waals surface area contributed by atoms with Crippen molar-refractivity contribution in [3.05, 3.63) is 64.1 Å². The predicted molar refractivity (Wildman–Crippen MR) is 88.7 cm³/mol. The maximum absolute atomic E-state index is 12.8. The van der Waals surface area contributed by atoms with Crippen LogP contribution in [0.4, 0.5) is 0 Å². The number of halogens is 1. The SMILES string of the molecule is Bc1cccc2ccc3c(c12)C(=O)c1cccc(Br)c1-3. The molecule has 0 aromatic heterocycles. The van der Waals surface area contributed by atoms with E-state index in [4.69, 9.17) is 0 Å². The number of rotatable bonds is 0. The molecule has 0 saturated heterocycles. The summed E-state index contributed by atoms with van der Waals surface area (Å²) in [6.45, 7) is 0. The molecule has 0 aliphatic heterocycles. The average molecular weight is 321 g/mol. The molecular weight excluding hydrogens is 311 g/mol. The van der Waals surface area contributed by atoms with Gasteiger partial charge in [0.25, 0.3) is 0 Å². The van der Waals surface area contributed by atoms with Crippen molar-refractivity contribution < 1.29 is 4.79 Å². The van der Waals surface area contributed by atoms with Gasteiger partial charge in [0, 0.05) is 21.2 Å². The molecule has 0 saturated carbocycles. The zero-order valence-corrected chi connectivity index (χ0v) is 12.5. The third kappa shape index (κ3) is 1.41. The van der Waals surface area contributed by atoms with E-state index < -0.39 is 0 Å². The molecule has 1 aliphatic carbocycles. The van der Waals surface area contributed by atoms with E-state index in [9.17, 15) is 4.79 Å². The normalized spacial score (nSPS) is 12.6. The Bertz CT molecular complexity index is 899. The van der Waals surface area contributed by atoms with Crippen LogP contribution in [0.15, 0.2) is 53.0 Å². The van der Waals surface area contributed by atoms with Crippen LogP contribution < -0.4 is 5.46 Å². The zero-order valence-electron chi connectivity index (χ0n) is 10.9. The fraction of sp³-hybridized carbons (Fsp3) is 0. The van der Waals surface area contributed by atoms with Gasteiger partial charge >= 0.3 is 0 Å². The molecule has 0 bridgehead atoms. The van der Waals surface area contributed by atoms with E-state index in [1.54, 1.807) is 0 Å². The Kier molecular flexibility index (Phi) is 2.42. The molecule has 4 rings (SSSR count). The Labute approximate surface area is 126 Å². The predicted octanol–water partition coefficient (Wildman–Crippen LogP) is 3.07. The number of carbonyl (C=O) groups is 1. The number of hydrogen-bond donors (Lipinski definition) is 0. The van der Waals surface area contributed by atoms with Gasteiger partial charge in [0.15, 0.2) is 5.78 Å². The lowest BCUT2D eigenvalue weighted by Gasteiger charge is -2.08. The molecule has 0 N–H and O–H groups in total. The summed E-state index contributed by atoms with van der Waals surface area (Å²) in [7, 11) is 2.06. The van der Waals surface area contributed by atoms with E-state index in [-0.39, 0.29) is 5.78 Å². The minimum Gasteiger partial charge on any atom is -0.289 e. The molecule has 94 valence electrons. The minimum absolute atomic E-state index is 0.135. The van der Waals surface area contributed by atoms with Crippen LogP contribution in [-0.2, 0) is 0 Å². The van der Waals surface area contributed by atoms with Crippen molar-refractivity contribution in [1.29, 1.82) is 0 Å². The molecule has 0 heterocycles. The Morgan fingerprint density at radius 2 is 1.65 bits per heavy atom. The molecular formula is C17H10BBrO. The standard InChI is InChI=1S/C17H10BBrO/c18-12-5-1-3-9-7-8-10-15-11(4-2-6-13(15)19)17(20)16(10)14(9)12/h1-8H,18H2. The molecule has 1 aliphatic rings. The fourth-order valence-electron chi connectivity index (χ4n) is 3.13. The van der Waals surface area contributed by atoms with Crippen molar-refractivity contribution >= 4 is 45.8 Å². The summed E-state index contributed by atoms with van der Waals surface area (Å²) in [6, 6.07) is 16.1. The van der Waals surface area contributed by atoms with Crippen LogP contribution in [0.2, 0.25) is 0 Å². The molecule has 3 aromatic carbocycles. The summed E-state index contributed by atoms with van der Waals surface area (Å²) in [5.74, 6) is 0.135. The highest BCUT2D eigenvalue weighted by molar-refractivity contribution is 9.10. The number of ketones is 1. The van der Waals surface area contributed by atoms with Crippen molar-refractivity contribution in [2.24, 2.45) is 0 Å². The van der Waals surface area contributed by atoms with Gasteiger partial charge in [-0.2, -0.15) is 0 Å². The molecule has 0 radical (unpaired) electrons. The lowest BCUT2D eigenvalue weighted by Crippen LogP contribution is -2.08. The van der Waals surface area contributed by atoms with Gasteiger partial charge in [-0.1, -0.05) is 63.9 Å². The largest absolute Gasteiger partial charge is 0.289 e. The van der Waals surface area contributed by atoms with Crippen LogP contribution in [0, 0.1) is 0 Å². The van der Waals surface area contributed by atoms with Gasteiger partial charge in [0.05, 0.1) is 0 Å². The number of carbonyl (C=O) groups excluding carboxylic acids is 1. The maximum atomic E-state index is 12.8. The monoisotopic (exact) mass is 320 g/mol. The minimum atomic E-state index is 0.135. The van der Waals surface area contributed by atoms with Crippen molar-refractivity contribution in [3.63, 3.8) is 0 Å². The van der Waals surface area contributed by atoms with Crippen LogP contribution in [0.5, 0.6) is 0 Å². The van der Waals surface area contributed by atoms with Crippen molar-refractivity contribution in [2.45, 2.75) is 0 Å². The summed E-state index contributed by atoms with van der Waals surface area (Å²) < 4.78 is 0.982. The van der Waals surface area contributed by atoms with E-state index >= 15 is 0 Å². The quantitative estimate of drug-likeness (QED) is 0.455. The number of benzene rings is 3. The Morgan fingerprint density at radius 3 is 2.50 bits per heavy atom. The Hall–Kier alpha value is -1.87. The second-order valence-corrected chi connectivity index (χ2v) is 6.01. The Morgan fingerprint density at radius 1 is 0.850 bits per heavy atom. The highest BCUT2D eigenvalue weighted by Gasteiger charge is 2.30. The molecule has 0 amide bonds. The molecule has 0 spiro atoms. The fourth-order valence-corrected chi connectivity index (χ4v) is 3.71. The summed E-state index contributed by atoms with van der Waals surface area (Å²) in [6.07, 6.45) is 0. The van der Waals surface area contributed by atoms with Crippen molar-refractivity contribution in [3.8, 4) is 11.1 Å². The zero-order chi connectivity index (χ0) is 13.9. The average Bonchev–Trinajstić information content (AvgIpc) is 2.74. The number of hydrogen-bond acceptors (Lipinski definition) is 1. The van der Waals surface area contributed by atoms with E-state index in [1.807, 2.05) is 24.3 Å². The van der Waals surface area contributed by atoms with Gasteiger partial charge in [-0.05, 0) is 22.4 Å². The van der Waals surface area contributed by atoms with Crippen molar-refractivity contribution in [1.82, 2.24) is 0 Å². The first-order chi connectivity index (χ1) is 9.68. The topological polar surface area (TPSA) is 17.1 Å². The van der Waals surface area contributed by atoms with Crippen LogP contribution in [0.1, 0.15) is 15.9 Å². The van der Waals surface area contributed by atoms with Gasteiger partial charge in [-0.25, -0.2) is 0 Å². The first-order valence-electron chi connectivity index (χ1n) is 6.54. The molecule has 0 unspecified atom stereocenters. The highest BCUT2D eigenvalue weighted by Crippen LogP contribution is 2.43. The van der Waals surface area contributed by atoms with Gasteiger partial charge in [0.1, 0.15) is 7.85 Å². The first kappa shape index (κ1) is 11.9. The van der Waals surface area contributed by atoms with Gasteiger partial charge in [-0.15, -0.1) is 0 Å². The second-order valence-electron chi connectivity index (χ2n) is 5.15. The van der Waals surface area contributed by atoms with E-state index in [0.717, 1.165) is 43.0 Å². The summed E-state index contributed by atoms with van der Waals surface area (Å²) in [5, 5.41) is 2.21. The van der Waals surface area contributed by atoms with E-state index in [1.165, 1.54) is 0 Å². The summed E-state index contributed by atoms with van der Waals surface area (Å²) in [4.78, 5) is 12.8. The molecule has 0 atom stereocenters. The van der Waals surface area contributed by atoms with Crippen molar-refractivity contribution in [2.75, 3.05) is 0 Å². The molecule has 3 heteroatoms. The second kappa shape index (κ2) is 4.06. The smallest absolute Gasteiger partial charge is 0.194 e.